The molecule has 7 nitrogen and oxygen atoms in total. The molecule has 0 unspecified atom stereocenters. The summed E-state index contributed by atoms with van der Waals surface area (Å²) in [5.41, 5.74) is 2.59. The molecular formula is C24H17N3O4. The van der Waals surface area contributed by atoms with Crippen LogP contribution >= 0.6 is 0 Å². The number of ether oxygens (including phenoxy) is 1. The molecule has 0 spiro atoms. The van der Waals surface area contributed by atoms with E-state index in [0.29, 0.717) is 27.9 Å². The number of anilines is 1. The summed E-state index contributed by atoms with van der Waals surface area (Å²) >= 11 is 0. The van der Waals surface area contributed by atoms with Crippen molar-refractivity contribution in [3.05, 3.63) is 83.9 Å². The molecule has 4 rings (SSSR count). The Kier molecular flexibility index (Phi) is 5.45. The first-order chi connectivity index (χ1) is 15.0. The Hall–Kier alpha value is -4.44. The number of benzene rings is 3. The zero-order chi connectivity index (χ0) is 21.8. The molecule has 1 amide bonds. The Morgan fingerprint density at radius 2 is 1.87 bits per heavy atom. The first kappa shape index (κ1) is 19.9. The number of esters is 1. The molecule has 4 aromatic rings. The number of nitriles is 1. The molecular weight excluding hydrogens is 394 g/mol. The Bertz CT molecular complexity index is 1310. The zero-order valence-electron chi connectivity index (χ0n) is 16.5. The van der Waals surface area contributed by atoms with E-state index in [0.717, 1.165) is 5.56 Å². The third-order valence-electron chi connectivity index (χ3n) is 4.66. The molecule has 0 aliphatic carbocycles. The molecule has 0 aliphatic rings. The van der Waals surface area contributed by atoms with Gasteiger partial charge in [0.05, 0.1) is 22.6 Å². The molecule has 152 valence electrons. The van der Waals surface area contributed by atoms with E-state index < -0.39 is 18.0 Å². The monoisotopic (exact) mass is 411 g/mol. The molecule has 1 N–H and O–H groups in total. The molecule has 0 bridgehead atoms. The number of nitrogens with one attached hydrogen (secondary N) is 1. The molecule has 3 aromatic carbocycles. The summed E-state index contributed by atoms with van der Waals surface area (Å²) in [7, 11) is 0. The largest absolute Gasteiger partial charge is 0.449 e. The SMILES string of the molecule is C[C@@H](OC(=O)c1ccc2noc(-c3ccccc3)c2c1)C(=O)Nc1cccc(C#N)c1. The van der Waals surface area contributed by atoms with Crippen LogP contribution in [0.2, 0.25) is 0 Å². The van der Waals surface area contributed by atoms with Crippen LogP contribution in [-0.4, -0.2) is 23.1 Å². The lowest BCUT2D eigenvalue weighted by atomic mass is 10.1. The number of nitrogens with zero attached hydrogens (tertiary/aromatic N) is 2. The van der Waals surface area contributed by atoms with Gasteiger partial charge in [0, 0.05) is 11.3 Å². The van der Waals surface area contributed by atoms with Gasteiger partial charge in [-0.1, -0.05) is 41.6 Å². The van der Waals surface area contributed by atoms with Crippen LogP contribution < -0.4 is 5.32 Å². The van der Waals surface area contributed by atoms with Gasteiger partial charge in [-0.05, 0) is 43.3 Å². The quantitative estimate of drug-likeness (QED) is 0.483. The third kappa shape index (κ3) is 4.28. The standard InChI is InChI=1S/C24H17N3O4/c1-15(23(28)26-19-9-5-6-16(12-19)14-25)30-24(29)18-10-11-21-20(13-18)22(31-27-21)17-7-3-2-4-8-17/h2-13,15H,1H3,(H,26,28)/t15-/m1/s1. The van der Waals surface area contributed by atoms with Gasteiger partial charge in [-0.25, -0.2) is 4.79 Å². The fourth-order valence-electron chi connectivity index (χ4n) is 3.06. The summed E-state index contributed by atoms with van der Waals surface area (Å²) in [6.07, 6.45) is -1.04. The predicted octanol–water partition coefficient (Wildman–Crippen LogP) is 4.55. The molecule has 0 fully saturated rings. The minimum Gasteiger partial charge on any atom is -0.449 e. The van der Waals surface area contributed by atoms with Crippen molar-refractivity contribution in [2.24, 2.45) is 0 Å². The van der Waals surface area contributed by atoms with Crippen LogP contribution in [0.5, 0.6) is 0 Å². The summed E-state index contributed by atoms with van der Waals surface area (Å²) in [5.74, 6) is -0.594. The fourth-order valence-corrected chi connectivity index (χ4v) is 3.06. The van der Waals surface area contributed by atoms with Gasteiger partial charge < -0.3 is 14.6 Å². The normalized spacial score (nSPS) is 11.5. The molecule has 0 aliphatic heterocycles. The van der Waals surface area contributed by atoms with Gasteiger partial charge in [-0.15, -0.1) is 0 Å². The summed E-state index contributed by atoms with van der Waals surface area (Å²) in [5, 5.41) is 16.3. The van der Waals surface area contributed by atoms with Crippen LogP contribution in [0, 0.1) is 11.3 Å². The zero-order valence-corrected chi connectivity index (χ0v) is 16.5. The van der Waals surface area contributed by atoms with Gasteiger partial charge in [-0.2, -0.15) is 5.26 Å². The number of carbonyl (C=O) groups is 2. The van der Waals surface area contributed by atoms with E-state index in [9.17, 15) is 9.59 Å². The first-order valence-electron chi connectivity index (χ1n) is 9.52. The van der Waals surface area contributed by atoms with Crippen molar-refractivity contribution < 1.29 is 18.8 Å². The molecule has 0 radical (unpaired) electrons. The van der Waals surface area contributed by atoms with Crippen LogP contribution in [0.3, 0.4) is 0 Å². The van der Waals surface area contributed by atoms with Crippen LogP contribution in [0.1, 0.15) is 22.8 Å². The number of amides is 1. The molecule has 0 saturated carbocycles. The summed E-state index contributed by atoms with van der Waals surface area (Å²) in [6.45, 7) is 1.48. The minimum atomic E-state index is -1.04. The maximum atomic E-state index is 12.6. The lowest BCUT2D eigenvalue weighted by Crippen LogP contribution is -2.30. The van der Waals surface area contributed by atoms with Gasteiger partial charge >= 0.3 is 5.97 Å². The highest BCUT2D eigenvalue weighted by molar-refractivity contribution is 6.01. The molecule has 1 heterocycles. The van der Waals surface area contributed by atoms with Crippen molar-refractivity contribution in [1.82, 2.24) is 5.16 Å². The minimum absolute atomic E-state index is 0.277. The van der Waals surface area contributed by atoms with Gasteiger partial charge in [0.1, 0.15) is 5.52 Å². The predicted molar refractivity (Wildman–Crippen MR) is 114 cm³/mol. The maximum Gasteiger partial charge on any atom is 0.338 e. The molecule has 1 aromatic heterocycles. The van der Waals surface area contributed by atoms with Crippen LogP contribution in [-0.2, 0) is 9.53 Å². The lowest BCUT2D eigenvalue weighted by molar-refractivity contribution is -0.123. The Morgan fingerprint density at radius 3 is 2.65 bits per heavy atom. The highest BCUT2D eigenvalue weighted by Crippen LogP contribution is 2.29. The molecule has 0 saturated heterocycles. The van der Waals surface area contributed by atoms with Gasteiger partial charge in [-0.3, -0.25) is 4.79 Å². The fraction of sp³-hybridized carbons (Fsp3) is 0.0833. The van der Waals surface area contributed by atoms with E-state index in [-0.39, 0.29) is 5.56 Å². The summed E-state index contributed by atoms with van der Waals surface area (Å²) < 4.78 is 10.8. The average Bonchev–Trinajstić information content (AvgIpc) is 3.23. The highest BCUT2D eigenvalue weighted by Gasteiger charge is 2.21. The van der Waals surface area contributed by atoms with Crippen LogP contribution in [0.25, 0.3) is 22.2 Å². The summed E-state index contributed by atoms with van der Waals surface area (Å²) in [4.78, 5) is 25.0. The van der Waals surface area contributed by atoms with Crippen LogP contribution in [0.4, 0.5) is 5.69 Å². The smallest absolute Gasteiger partial charge is 0.338 e. The molecule has 1 atom stereocenters. The topological polar surface area (TPSA) is 105 Å². The van der Waals surface area contributed by atoms with Gasteiger partial charge in [0.15, 0.2) is 11.9 Å². The second-order valence-corrected chi connectivity index (χ2v) is 6.84. The number of hydrogen-bond donors (Lipinski definition) is 1. The van der Waals surface area contributed by atoms with Crippen molar-refractivity contribution in [2.75, 3.05) is 5.32 Å². The second-order valence-electron chi connectivity index (χ2n) is 6.84. The van der Waals surface area contributed by atoms with Crippen molar-refractivity contribution in [2.45, 2.75) is 13.0 Å². The number of fused-ring (bicyclic) bond motifs is 1. The third-order valence-corrected chi connectivity index (χ3v) is 4.66. The highest BCUT2D eigenvalue weighted by atomic mass is 16.5. The van der Waals surface area contributed by atoms with Crippen LogP contribution in [0.15, 0.2) is 77.3 Å². The lowest BCUT2D eigenvalue weighted by Gasteiger charge is -2.13. The van der Waals surface area contributed by atoms with E-state index in [1.807, 2.05) is 36.4 Å². The second kappa shape index (κ2) is 8.51. The first-order valence-corrected chi connectivity index (χ1v) is 9.52. The Labute approximate surface area is 177 Å². The number of carbonyl (C=O) groups excluding carboxylic acids is 2. The van der Waals surface area contributed by atoms with E-state index in [4.69, 9.17) is 14.5 Å². The number of hydrogen-bond acceptors (Lipinski definition) is 6. The van der Waals surface area contributed by atoms with E-state index in [2.05, 4.69) is 10.5 Å². The van der Waals surface area contributed by atoms with Crippen molar-refractivity contribution in [1.29, 1.82) is 5.26 Å². The molecule has 7 heteroatoms. The van der Waals surface area contributed by atoms with Crippen molar-refractivity contribution in [3.8, 4) is 17.4 Å². The average molecular weight is 411 g/mol. The Morgan fingerprint density at radius 1 is 1.06 bits per heavy atom. The Balaban J connectivity index is 1.50. The van der Waals surface area contributed by atoms with E-state index in [1.165, 1.54) is 13.0 Å². The maximum absolute atomic E-state index is 12.6. The van der Waals surface area contributed by atoms with Gasteiger partial charge in [0.2, 0.25) is 0 Å². The van der Waals surface area contributed by atoms with E-state index >= 15 is 0 Å². The van der Waals surface area contributed by atoms with Crippen molar-refractivity contribution >= 4 is 28.5 Å². The molecule has 31 heavy (non-hydrogen) atoms. The summed E-state index contributed by atoms with van der Waals surface area (Å²) in [6, 6.07) is 22.8. The van der Waals surface area contributed by atoms with E-state index in [1.54, 1.807) is 36.4 Å². The van der Waals surface area contributed by atoms with Crippen molar-refractivity contribution in [3.63, 3.8) is 0 Å². The number of rotatable bonds is 5. The number of aromatic nitrogens is 1. The van der Waals surface area contributed by atoms with Gasteiger partial charge in [0.25, 0.3) is 5.91 Å².